The minimum atomic E-state index is -3.75. The summed E-state index contributed by atoms with van der Waals surface area (Å²) in [5.74, 6) is -0.432. The normalized spacial score (nSPS) is 14.1. The summed E-state index contributed by atoms with van der Waals surface area (Å²) >= 11 is 1.46. The molecule has 1 saturated heterocycles. The molecule has 1 aliphatic rings. The van der Waals surface area contributed by atoms with Crippen LogP contribution >= 0.6 is 11.3 Å². The molecule has 166 valence electrons. The fourth-order valence-corrected chi connectivity index (χ4v) is 5.07. The molecule has 0 spiro atoms. The lowest BCUT2D eigenvalue weighted by molar-refractivity contribution is -0.120. The third-order valence-electron chi connectivity index (χ3n) is 4.95. The molecule has 0 aliphatic carbocycles. The second kappa shape index (κ2) is 9.51. The van der Waals surface area contributed by atoms with Crippen molar-refractivity contribution in [2.45, 2.75) is 11.4 Å². The molecule has 1 fully saturated rings. The van der Waals surface area contributed by atoms with Crippen molar-refractivity contribution in [2.75, 3.05) is 29.9 Å². The Morgan fingerprint density at radius 2 is 1.91 bits per heavy atom. The average Bonchev–Trinajstić information content (AvgIpc) is 3.32. The van der Waals surface area contributed by atoms with Crippen molar-refractivity contribution in [1.29, 1.82) is 0 Å². The standard InChI is InChI=1S/C22H22N4O4S2/c27-21-15-26(11-10-23-21)18-8-6-17(7-9-18)25-22(28)16-3-1-5-20(13-16)32(29,30)24-14-19-4-2-12-31-19/h1-9,12-13,24H,10-11,14-15H2,(H,23,27)(H,25,28). The van der Waals surface area contributed by atoms with E-state index in [4.69, 9.17) is 0 Å². The number of benzene rings is 2. The van der Waals surface area contributed by atoms with Crippen LogP contribution in [0.5, 0.6) is 0 Å². The lowest BCUT2D eigenvalue weighted by atomic mass is 10.2. The van der Waals surface area contributed by atoms with Crippen LogP contribution in [0.4, 0.5) is 11.4 Å². The smallest absolute Gasteiger partial charge is 0.255 e. The number of amides is 2. The molecule has 2 aromatic carbocycles. The largest absolute Gasteiger partial charge is 0.360 e. The van der Waals surface area contributed by atoms with Crippen molar-refractivity contribution in [3.63, 3.8) is 0 Å². The van der Waals surface area contributed by atoms with Gasteiger partial charge in [0.15, 0.2) is 0 Å². The Bertz CT molecular complexity index is 1210. The number of thiophene rings is 1. The number of nitrogens with zero attached hydrogens (tertiary/aromatic N) is 1. The van der Waals surface area contributed by atoms with Crippen LogP contribution in [0.15, 0.2) is 70.9 Å². The van der Waals surface area contributed by atoms with Crippen molar-refractivity contribution in [2.24, 2.45) is 0 Å². The number of sulfonamides is 1. The number of carbonyl (C=O) groups is 2. The summed E-state index contributed by atoms with van der Waals surface area (Å²) in [6.07, 6.45) is 0. The van der Waals surface area contributed by atoms with Crippen LogP contribution < -0.4 is 20.3 Å². The van der Waals surface area contributed by atoms with Gasteiger partial charge in [-0.3, -0.25) is 9.59 Å². The van der Waals surface area contributed by atoms with Gasteiger partial charge in [-0.25, -0.2) is 13.1 Å². The van der Waals surface area contributed by atoms with Crippen molar-refractivity contribution in [1.82, 2.24) is 10.0 Å². The highest BCUT2D eigenvalue weighted by molar-refractivity contribution is 7.89. The van der Waals surface area contributed by atoms with Gasteiger partial charge < -0.3 is 15.5 Å². The highest BCUT2D eigenvalue weighted by atomic mass is 32.2. The molecule has 0 radical (unpaired) electrons. The number of carbonyl (C=O) groups excluding carboxylic acids is 2. The molecule has 8 nitrogen and oxygen atoms in total. The van der Waals surface area contributed by atoms with E-state index >= 15 is 0 Å². The first-order valence-electron chi connectivity index (χ1n) is 9.96. The third-order valence-corrected chi connectivity index (χ3v) is 7.23. The molecule has 2 amide bonds. The maximum absolute atomic E-state index is 12.7. The van der Waals surface area contributed by atoms with E-state index < -0.39 is 15.9 Å². The molecular formula is C22H22N4O4S2. The number of nitrogens with one attached hydrogen (secondary N) is 3. The first-order chi connectivity index (χ1) is 15.4. The van der Waals surface area contributed by atoms with E-state index in [0.29, 0.717) is 18.8 Å². The Hall–Kier alpha value is -3.21. The second-order valence-corrected chi connectivity index (χ2v) is 10.0. The SMILES string of the molecule is O=C1CN(c2ccc(NC(=O)c3cccc(S(=O)(=O)NCc4cccs4)c3)cc2)CCN1. The number of piperazine rings is 1. The molecule has 10 heteroatoms. The van der Waals surface area contributed by atoms with Crippen molar-refractivity contribution in [3.05, 3.63) is 76.5 Å². The molecule has 0 saturated carbocycles. The van der Waals surface area contributed by atoms with Crippen LogP contribution in [-0.2, 0) is 21.4 Å². The summed E-state index contributed by atoms with van der Waals surface area (Å²) in [6.45, 7) is 1.81. The first kappa shape index (κ1) is 22.0. The molecule has 1 aliphatic heterocycles. The topological polar surface area (TPSA) is 108 Å². The highest BCUT2D eigenvalue weighted by Crippen LogP contribution is 2.20. The van der Waals surface area contributed by atoms with E-state index in [1.54, 1.807) is 24.3 Å². The van der Waals surface area contributed by atoms with Crippen molar-refractivity contribution in [3.8, 4) is 0 Å². The lowest BCUT2D eigenvalue weighted by Crippen LogP contribution is -2.47. The monoisotopic (exact) mass is 470 g/mol. The molecule has 3 N–H and O–H groups in total. The van der Waals surface area contributed by atoms with Gasteiger partial charge in [-0.15, -0.1) is 11.3 Å². The molecule has 32 heavy (non-hydrogen) atoms. The number of rotatable bonds is 7. The Morgan fingerprint density at radius 3 is 2.62 bits per heavy atom. The minimum Gasteiger partial charge on any atom is -0.360 e. The second-order valence-electron chi connectivity index (χ2n) is 7.20. The van der Waals surface area contributed by atoms with Crippen LogP contribution in [0.3, 0.4) is 0 Å². The molecule has 2 heterocycles. The molecule has 0 bridgehead atoms. The zero-order valence-corrected chi connectivity index (χ0v) is 18.7. The van der Waals surface area contributed by atoms with Crippen LogP contribution in [0.25, 0.3) is 0 Å². The molecular weight excluding hydrogens is 448 g/mol. The van der Waals surface area contributed by atoms with E-state index in [1.807, 2.05) is 34.5 Å². The van der Waals surface area contributed by atoms with Gasteiger partial charge in [-0.1, -0.05) is 12.1 Å². The van der Waals surface area contributed by atoms with Gasteiger partial charge in [-0.2, -0.15) is 0 Å². The summed E-state index contributed by atoms with van der Waals surface area (Å²) in [6, 6.07) is 16.8. The van der Waals surface area contributed by atoms with Crippen LogP contribution in [0.1, 0.15) is 15.2 Å². The van der Waals surface area contributed by atoms with Gasteiger partial charge in [0.05, 0.1) is 11.4 Å². The van der Waals surface area contributed by atoms with E-state index in [2.05, 4.69) is 15.4 Å². The van der Waals surface area contributed by atoms with Gasteiger partial charge in [0.25, 0.3) is 5.91 Å². The van der Waals surface area contributed by atoms with Crippen LogP contribution in [0, 0.1) is 0 Å². The number of anilines is 2. The van der Waals surface area contributed by atoms with Crippen molar-refractivity contribution < 1.29 is 18.0 Å². The van der Waals surface area contributed by atoms with E-state index in [9.17, 15) is 18.0 Å². The minimum absolute atomic E-state index is 0.0201. The van der Waals surface area contributed by atoms with Crippen molar-refractivity contribution >= 4 is 44.5 Å². The quantitative estimate of drug-likeness (QED) is 0.492. The van der Waals surface area contributed by atoms with Crippen LogP contribution in [0.2, 0.25) is 0 Å². The summed E-state index contributed by atoms with van der Waals surface area (Å²) in [5, 5.41) is 7.44. The lowest BCUT2D eigenvalue weighted by Gasteiger charge is -2.28. The summed E-state index contributed by atoms with van der Waals surface area (Å²) < 4.78 is 27.8. The molecule has 3 aromatic rings. The third kappa shape index (κ3) is 5.34. The molecule has 1 aromatic heterocycles. The van der Waals surface area contributed by atoms with Gasteiger partial charge in [0.1, 0.15) is 0 Å². The zero-order valence-electron chi connectivity index (χ0n) is 17.1. The highest BCUT2D eigenvalue weighted by Gasteiger charge is 2.18. The fraction of sp³-hybridized carbons (Fsp3) is 0.182. The van der Waals surface area contributed by atoms with E-state index in [0.717, 1.165) is 17.1 Å². The van der Waals surface area contributed by atoms with Gasteiger partial charge >= 0.3 is 0 Å². The molecule has 0 atom stereocenters. The summed E-state index contributed by atoms with van der Waals surface area (Å²) in [7, 11) is -3.75. The average molecular weight is 471 g/mol. The summed E-state index contributed by atoms with van der Waals surface area (Å²) in [5.41, 5.74) is 1.70. The van der Waals surface area contributed by atoms with Gasteiger partial charge in [0, 0.05) is 41.4 Å². The Labute approximate surface area is 190 Å². The number of hydrogen-bond donors (Lipinski definition) is 3. The summed E-state index contributed by atoms with van der Waals surface area (Å²) in [4.78, 5) is 27.1. The maximum atomic E-state index is 12.7. The molecule has 0 unspecified atom stereocenters. The predicted molar refractivity (Wildman–Crippen MR) is 124 cm³/mol. The number of hydrogen-bond acceptors (Lipinski definition) is 6. The zero-order chi connectivity index (χ0) is 22.6. The molecule has 4 rings (SSSR count). The van der Waals surface area contributed by atoms with E-state index in [1.165, 1.54) is 23.5 Å². The Kier molecular flexibility index (Phi) is 6.54. The van der Waals surface area contributed by atoms with Gasteiger partial charge in [-0.05, 0) is 53.9 Å². The van der Waals surface area contributed by atoms with Crippen LogP contribution in [-0.4, -0.2) is 39.9 Å². The maximum Gasteiger partial charge on any atom is 0.255 e. The van der Waals surface area contributed by atoms with E-state index in [-0.39, 0.29) is 22.9 Å². The van der Waals surface area contributed by atoms with Gasteiger partial charge in [0.2, 0.25) is 15.9 Å². The fourth-order valence-electron chi connectivity index (χ4n) is 3.28. The predicted octanol–water partition coefficient (Wildman–Crippen LogP) is 2.42. The Morgan fingerprint density at radius 1 is 1.09 bits per heavy atom. The first-order valence-corrected chi connectivity index (χ1v) is 12.3. The Balaban J connectivity index is 1.42.